The highest BCUT2D eigenvalue weighted by Crippen LogP contribution is 2.32. The smallest absolute Gasteiger partial charge is 0.281 e. The predicted molar refractivity (Wildman–Crippen MR) is 59.3 cm³/mol. The first-order valence-electron chi connectivity index (χ1n) is 4.37. The van der Waals surface area contributed by atoms with Crippen LogP contribution >= 0.6 is 23.4 Å². The Bertz CT molecular complexity index is 561. The molecule has 1 aromatic carbocycles. The Morgan fingerprint density at radius 3 is 2.88 bits per heavy atom. The molecule has 2 rings (SSSR count). The van der Waals surface area contributed by atoms with E-state index in [4.69, 9.17) is 21.3 Å². The number of nitriles is 1. The minimum absolute atomic E-state index is 0.399. The van der Waals surface area contributed by atoms with Crippen molar-refractivity contribution in [3.05, 3.63) is 34.7 Å². The van der Waals surface area contributed by atoms with Gasteiger partial charge in [0, 0.05) is 11.8 Å². The third-order valence-corrected chi connectivity index (χ3v) is 3.01. The number of halogens is 1. The minimum atomic E-state index is 0.399. The molecule has 80 valence electrons. The Morgan fingerprint density at radius 2 is 2.25 bits per heavy atom. The van der Waals surface area contributed by atoms with Crippen LogP contribution in [0, 0.1) is 18.3 Å². The molecule has 0 amide bonds. The molecule has 2 aromatic rings. The van der Waals surface area contributed by atoms with Crippen molar-refractivity contribution in [2.24, 2.45) is 0 Å². The molecule has 16 heavy (non-hydrogen) atoms. The molecule has 0 aliphatic carbocycles. The highest BCUT2D eigenvalue weighted by Gasteiger charge is 2.11. The van der Waals surface area contributed by atoms with Gasteiger partial charge >= 0.3 is 0 Å². The van der Waals surface area contributed by atoms with Crippen molar-refractivity contribution in [2.75, 3.05) is 0 Å². The maximum atomic E-state index is 8.97. The van der Waals surface area contributed by atoms with Gasteiger partial charge in [0.05, 0.1) is 10.6 Å². The van der Waals surface area contributed by atoms with Crippen molar-refractivity contribution in [3.8, 4) is 6.07 Å². The monoisotopic (exact) mass is 251 g/mol. The zero-order valence-corrected chi connectivity index (χ0v) is 9.84. The van der Waals surface area contributed by atoms with Gasteiger partial charge in [-0.15, -0.1) is 10.2 Å². The summed E-state index contributed by atoms with van der Waals surface area (Å²) >= 11 is 7.13. The number of nitrogens with zero attached hydrogens (tertiary/aromatic N) is 3. The van der Waals surface area contributed by atoms with Crippen molar-refractivity contribution in [1.29, 1.82) is 5.26 Å². The summed E-state index contributed by atoms with van der Waals surface area (Å²) in [5.74, 6) is 0.489. The van der Waals surface area contributed by atoms with Gasteiger partial charge in [-0.05, 0) is 23.9 Å². The molecule has 0 atom stereocenters. The summed E-state index contributed by atoms with van der Waals surface area (Å²) in [5, 5.41) is 17.3. The van der Waals surface area contributed by atoms with Gasteiger partial charge in [-0.25, -0.2) is 0 Å². The van der Waals surface area contributed by atoms with E-state index in [1.807, 2.05) is 6.07 Å². The summed E-state index contributed by atoms with van der Waals surface area (Å²) in [7, 11) is 0. The summed E-state index contributed by atoms with van der Waals surface area (Å²) in [4.78, 5) is 0.707. The normalized spacial score (nSPS) is 10.1. The average molecular weight is 252 g/mol. The SMILES string of the molecule is Cc1nnc(Sc2cccc(Cl)c2C#N)o1. The standard InChI is InChI=1S/C10H6ClN3OS/c1-6-13-14-10(15-6)16-9-4-2-3-8(11)7(9)5-12/h2-4H,1H3. The lowest BCUT2D eigenvalue weighted by Gasteiger charge is -2.00. The molecule has 0 fully saturated rings. The van der Waals surface area contributed by atoms with E-state index >= 15 is 0 Å². The third kappa shape index (κ3) is 2.18. The molecule has 0 N–H and O–H groups in total. The Hall–Kier alpha value is -1.51. The Labute approximate surface area is 101 Å². The quantitative estimate of drug-likeness (QED) is 0.821. The number of aryl methyl sites for hydroxylation is 1. The van der Waals surface area contributed by atoms with Crippen molar-refractivity contribution < 1.29 is 4.42 Å². The van der Waals surface area contributed by atoms with Gasteiger partial charge in [0.25, 0.3) is 5.22 Å². The first-order chi connectivity index (χ1) is 7.70. The lowest BCUT2D eigenvalue weighted by molar-refractivity contribution is 0.429. The van der Waals surface area contributed by atoms with Crippen LogP contribution in [0.5, 0.6) is 0 Å². The molecular weight excluding hydrogens is 246 g/mol. The fraction of sp³-hybridized carbons (Fsp3) is 0.100. The van der Waals surface area contributed by atoms with Crippen LogP contribution in [0.15, 0.2) is 32.7 Å². The number of rotatable bonds is 2. The highest BCUT2D eigenvalue weighted by atomic mass is 35.5. The van der Waals surface area contributed by atoms with E-state index in [2.05, 4.69) is 10.2 Å². The summed E-state index contributed by atoms with van der Waals surface area (Å²) in [6, 6.07) is 7.28. The molecule has 0 radical (unpaired) electrons. The molecule has 1 heterocycles. The fourth-order valence-corrected chi connectivity index (χ4v) is 2.22. The van der Waals surface area contributed by atoms with E-state index in [1.165, 1.54) is 11.8 Å². The van der Waals surface area contributed by atoms with Gasteiger partial charge in [-0.1, -0.05) is 17.7 Å². The van der Waals surface area contributed by atoms with Crippen LogP contribution in [0.2, 0.25) is 5.02 Å². The van der Waals surface area contributed by atoms with Crippen LogP contribution in [0.4, 0.5) is 0 Å². The lowest BCUT2D eigenvalue weighted by atomic mass is 10.2. The van der Waals surface area contributed by atoms with Gasteiger partial charge in [-0.3, -0.25) is 0 Å². The van der Waals surface area contributed by atoms with Crippen LogP contribution in [-0.4, -0.2) is 10.2 Å². The first-order valence-corrected chi connectivity index (χ1v) is 5.56. The van der Waals surface area contributed by atoms with Crippen molar-refractivity contribution >= 4 is 23.4 Å². The van der Waals surface area contributed by atoms with Gasteiger partial charge in [0.1, 0.15) is 6.07 Å². The molecule has 6 heteroatoms. The zero-order chi connectivity index (χ0) is 11.5. The Morgan fingerprint density at radius 1 is 1.44 bits per heavy atom. The van der Waals surface area contributed by atoms with Gasteiger partial charge < -0.3 is 4.42 Å². The predicted octanol–water partition coefficient (Wildman–Crippen LogP) is 3.05. The molecule has 0 bridgehead atoms. The number of aromatic nitrogens is 2. The molecular formula is C10H6ClN3OS. The Balaban J connectivity index is 2.35. The van der Waals surface area contributed by atoms with Crippen LogP contribution in [0.25, 0.3) is 0 Å². The van der Waals surface area contributed by atoms with E-state index in [0.717, 1.165) is 0 Å². The van der Waals surface area contributed by atoms with Gasteiger partial charge in [0.15, 0.2) is 0 Å². The second kappa shape index (κ2) is 4.56. The van der Waals surface area contributed by atoms with E-state index in [9.17, 15) is 0 Å². The Kier molecular flexibility index (Phi) is 3.13. The molecule has 0 saturated carbocycles. The van der Waals surface area contributed by atoms with Crippen molar-refractivity contribution in [3.63, 3.8) is 0 Å². The topological polar surface area (TPSA) is 62.7 Å². The molecule has 0 spiro atoms. The fourth-order valence-electron chi connectivity index (χ4n) is 1.11. The summed E-state index contributed by atoms with van der Waals surface area (Å²) in [6.45, 7) is 1.71. The average Bonchev–Trinajstić information content (AvgIpc) is 2.64. The second-order valence-corrected chi connectivity index (χ2v) is 4.31. The van der Waals surface area contributed by atoms with Gasteiger partial charge in [-0.2, -0.15) is 5.26 Å². The maximum absolute atomic E-state index is 8.97. The largest absolute Gasteiger partial charge is 0.416 e. The summed E-state index contributed by atoms with van der Waals surface area (Å²) < 4.78 is 5.22. The van der Waals surface area contributed by atoms with Crippen molar-refractivity contribution in [2.45, 2.75) is 17.0 Å². The maximum Gasteiger partial charge on any atom is 0.281 e. The second-order valence-electron chi connectivity index (χ2n) is 2.91. The molecule has 0 aliphatic heterocycles. The molecule has 0 saturated heterocycles. The third-order valence-electron chi connectivity index (χ3n) is 1.79. The van der Waals surface area contributed by atoms with Gasteiger partial charge in [0.2, 0.25) is 5.89 Å². The van der Waals surface area contributed by atoms with E-state index in [-0.39, 0.29) is 0 Å². The van der Waals surface area contributed by atoms with E-state index in [1.54, 1.807) is 25.1 Å². The van der Waals surface area contributed by atoms with E-state index < -0.39 is 0 Å². The zero-order valence-electron chi connectivity index (χ0n) is 8.27. The molecule has 0 unspecified atom stereocenters. The lowest BCUT2D eigenvalue weighted by Crippen LogP contribution is -1.82. The first kappa shape index (κ1) is 11.0. The van der Waals surface area contributed by atoms with Crippen LogP contribution in [0.3, 0.4) is 0 Å². The molecule has 0 aliphatic rings. The van der Waals surface area contributed by atoms with Crippen LogP contribution < -0.4 is 0 Å². The number of benzene rings is 1. The van der Waals surface area contributed by atoms with Crippen LogP contribution in [0.1, 0.15) is 11.5 Å². The minimum Gasteiger partial charge on any atom is -0.416 e. The van der Waals surface area contributed by atoms with E-state index in [0.29, 0.717) is 26.6 Å². The summed E-state index contributed by atoms with van der Waals surface area (Å²) in [5.41, 5.74) is 0.421. The number of hydrogen-bond acceptors (Lipinski definition) is 5. The highest BCUT2D eigenvalue weighted by molar-refractivity contribution is 7.99. The summed E-state index contributed by atoms with van der Waals surface area (Å²) in [6.07, 6.45) is 0. The molecule has 1 aromatic heterocycles. The van der Waals surface area contributed by atoms with Crippen LogP contribution in [-0.2, 0) is 0 Å². The number of hydrogen-bond donors (Lipinski definition) is 0. The molecule has 4 nitrogen and oxygen atoms in total. The van der Waals surface area contributed by atoms with Crippen molar-refractivity contribution in [1.82, 2.24) is 10.2 Å².